The van der Waals surface area contributed by atoms with Gasteiger partial charge in [0.05, 0.1) is 0 Å². The highest BCUT2D eigenvalue weighted by Gasteiger charge is 2.11. The van der Waals surface area contributed by atoms with Gasteiger partial charge >= 0.3 is 0 Å². The van der Waals surface area contributed by atoms with Crippen LogP contribution >= 0.6 is 0 Å². The Kier molecular flexibility index (Phi) is 3.41. The first-order chi connectivity index (χ1) is 8.63. The van der Waals surface area contributed by atoms with Crippen LogP contribution in [0.1, 0.15) is 45.1 Å². The minimum atomic E-state index is 0.377. The van der Waals surface area contributed by atoms with Crippen molar-refractivity contribution in [1.29, 1.82) is 0 Å². The Morgan fingerprint density at radius 1 is 0.944 bits per heavy atom. The van der Waals surface area contributed by atoms with Gasteiger partial charge in [0.1, 0.15) is 22.6 Å². The number of fused-ring (bicyclic) bond motifs is 2. The summed E-state index contributed by atoms with van der Waals surface area (Å²) < 4.78 is 11.2. The van der Waals surface area contributed by atoms with Crippen LogP contribution in [-0.2, 0) is 0 Å². The molecule has 0 spiro atoms. The minimum absolute atomic E-state index is 0.377. The van der Waals surface area contributed by atoms with Gasteiger partial charge in [-0.05, 0) is 6.92 Å². The SMILES string of the molecule is CC.Cc1cc2nc3cc(C(C)C)oc3cc2o1. The third-order valence-electron chi connectivity index (χ3n) is 2.69. The number of hydrogen-bond donors (Lipinski definition) is 0. The second kappa shape index (κ2) is 4.84. The molecule has 3 heteroatoms. The molecule has 3 nitrogen and oxygen atoms in total. The number of pyridine rings is 1. The Balaban J connectivity index is 0.000000574. The predicted octanol–water partition coefficient (Wildman–Crippen LogP) is 5.03. The van der Waals surface area contributed by atoms with E-state index in [1.54, 1.807) is 0 Å². The second-order valence-corrected chi connectivity index (χ2v) is 4.42. The van der Waals surface area contributed by atoms with Crippen LogP contribution in [0, 0.1) is 6.92 Å². The number of aryl methyl sites for hydroxylation is 1. The monoisotopic (exact) mass is 245 g/mol. The average Bonchev–Trinajstić information content (AvgIpc) is 2.89. The van der Waals surface area contributed by atoms with Gasteiger partial charge in [0.2, 0.25) is 0 Å². The molecule has 3 aromatic heterocycles. The average molecular weight is 245 g/mol. The van der Waals surface area contributed by atoms with Gasteiger partial charge in [0, 0.05) is 24.1 Å². The van der Waals surface area contributed by atoms with Crippen molar-refractivity contribution >= 4 is 22.2 Å². The molecule has 3 heterocycles. The first-order valence-electron chi connectivity index (χ1n) is 6.44. The number of nitrogens with zero attached hydrogens (tertiary/aromatic N) is 1. The van der Waals surface area contributed by atoms with Crippen LogP contribution in [0.3, 0.4) is 0 Å². The Bertz CT molecular complexity index is 611. The highest BCUT2D eigenvalue weighted by atomic mass is 16.3. The summed E-state index contributed by atoms with van der Waals surface area (Å²) in [4.78, 5) is 4.51. The first kappa shape index (κ1) is 12.7. The van der Waals surface area contributed by atoms with Gasteiger partial charge < -0.3 is 8.83 Å². The normalized spacial score (nSPS) is 11.0. The van der Waals surface area contributed by atoms with Crippen molar-refractivity contribution in [2.45, 2.75) is 40.5 Å². The van der Waals surface area contributed by atoms with Crippen molar-refractivity contribution < 1.29 is 8.83 Å². The largest absolute Gasteiger partial charge is 0.460 e. The molecule has 0 saturated carbocycles. The summed E-state index contributed by atoms with van der Waals surface area (Å²) in [5.74, 6) is 2.22. The van der Waals surface area contributed by atoms with E-state index in [-0.39, 0.29) is 0 Å². The van der Waals surface area contributed by atoms with E-state index in [4.69, 9.17) is 8.83 Å². The molecular formula is C15H19NO2. The Morgan fingerprint density at radius 2 is 1.56 bits per heavy atom. The van der Waals surface area contributed by atoms with Crippen LogP contribution in [0.2, 0.25) is 0 Å². The van der Waals surface area contributed by atoms with Crippen LogP contribution in [0.5, 0.6) is 0 Å². The smallest absolute Gasteiger partial charge is 0.156 e. The topological polar surface area (TPSA) is 39.2 Å². The molecule has 0 unspecified atom stereocenters. The minimum Gasteiger partial charge on any atom is -0.460 e. The number of aromatic nitrogens is 1. The standard InChI is InChI=1S/C13H13NO2.C2H6/c1-7(2)11-5-10-13(16-11)6-12-9(14-10)4-8(3)15-12;1-2/h4-7H,1-3H3;1-2H3. The van der Waals surface area contributed by atoms with Crippen LogP contribution in [0.15, 0.2) is 27.0 Å². The van der Waals surface area contributed by atoms with E-state index >= 15 is 0 Å². The molecule has 0 amide bonds. The van der Waals surface area contributed by atoms with Crippen LogP contribution in [-0.4, -0.2) is 4.98 Å². The molecule has 0 bridgehead atoms. The molecule has 0 aliphatic carbocycles. The predicted molar refractivity (Wildman–Crippen MR) is 74.0 cm³/mol. The lowest BCUT2D eigenvalue weighted by molar-refractivity contribution is 0.520. The summed E-state index contributed by atoms with van der Waals surface area (Å²) in [6, 6.07) is 5.86. The molecule has 0 aromatic carbocycles. The van der Waals surface area contributed by atoms with E-state index in [1.165, 1.54) is 0 Å². The van der Waals surface area contributed by atoms with E-state index in [9.17, 15) is 0 Å². The lowest BCUT2D eigenvalue weighted by atomic mass is 10.1. The van der Waals surface area contributed by atoms with Crippen molar-refractivity contribution in [3.8, 4) is 0 Å². The van der Waals surface area contributed by atoms with E-state index in [0.29, 0.717) is 5.92 Å². The Labute approximate surface area is 107 Å². The van der Waals surface area contributed by atoms with Crippen LogP contribution in [0.25, 0.3) is 22.2 Å². The fourth-order valence-electron chi connectivity index (χ4n) is 1.85. The zero-order valence-electron chi connectivity index (χ0n) is 11.6. The van der Waals surface area contributed by atoms with Gasteiger partial charge in [-0.25, -0.2) is 4.98 Å². The van der Waals surface area contributed by atoms with Crippen molar-refractivity contribution in [2.24, 2.45) is 0 Å². The molecule has 3 rings (SSSR count). The summed E-state index contributed by atoms with van der Waals surface area (Å²) in [5, 5.41) is 0. The van der Waals surface area contributed by atoms with Gasteiger partial charge in [-0.1, -0.05) is 27.7 Å². The van der Waals surface area contributed by atoms with Gasteiger partial charge in [-0.3, -0.25) is 0 Å². The van der Waals surface area contributed by atoms with Gasteiger partial charge in [0.25, 0.3) is 0 Å². The third kappa shape index (κ3) is 2.13. The fourth-order valence-corrected chi connectivity index (χ4v) is 1.85. The molecule has 0 saturated heterocycles. The molecular weight excluding hydrogens is 226 g/mol. The third-order valence-corrected chi connectivity index (χ3v) is 2.69. The lowest BCUT2D eigenvalue weighted by Gasteiger charge is -1.95. The quantitative estimate of drug-likeness (QED) is 0.603. The number of furan rings is 2. The van der Waals surface area contributed by atoms with Gasteiger partial charge in [-0.2, -0.15) is 0 Å². The number of rotatable bonds is 1. The molecule has 18 heavy (non-hydrogen) atoms. The molecule has 0 aliphatic rings. The maximum absolute atomic E-state index is 5.72. The summed E-state index contributed by atoms with van der Waals surface area (Å²) in [6.07, 6.45) is 0. The van der Waals surface area contributed by atoms with Crippen molar-refractivity contribution in [3.05, 3.63) is 29.7 Å². The fraction of sp³-hybridized carbons (Fsp3) is 0.400. The molecule has 0 aliphatic heterocycles. The van der Waals surface area contributed by atoms with Crippen molar-refractivity contribution in [2.75, 3.05) is 0 Å². The molecule has 0 atom stereocenters. The molecule has 3 aromatic rings. The maximum Gasteiger partial charge on any atom is 0.156 e. The lowest BCUT2D eigenvalue weighted by Crippen LogP contribution is -1.79. The molecule has 96 valence electrons. The summed E-state index contributed by atoms with van der Waals surface area (Å²) in [5.41, 5.74) is 3.37. The zero-order chi connectivity index (χ0) is 13.3. The summed E-state index contributed by atoms with van der Waals surface area (Å²) >= 11 is 0. The van der Waals surface area contributed by atoms with Crippen LogP contribution in [0.4, 0.5) is 0 Å². The first-order valence-corrected chi connectivity index (χ1v) is 6.44. The van der Waals surface area contributed by atoms with E-state index in [2.05, 4.69) is 18.8 Å². The summed E-state index contributed by atoms with van der Waals surface area (Å²) in [6.45, 7) is 10.1. The Hall–Kier alpha value is -1.77. The van der Waals surface area contributed by atoms with Crippen LogP contribution < -0.4 is 0 Å². The summed E-state index contributed by atoms with van der Waals surface area (Å²) in [7, 11) is 0. The highest BCUT2D eigenvalue weighted by molar-refractivity contribution is 5.87. The van der Waals surface area contributed by atoms with E-state index in [0.717, 1.165) is 33.7 Å². The molecule has 0 fully saturated rings. The molecule has 0 radical (unpaired) electrons. The highest BCUT2D eigenvalue weighted by Crippen LogP contribution is 2.27. The molecule has 0 N–H and O–H groups in total. The second-order valence-electron chi connectivity index (χ2n) is 4.42. The van der Waals surface area contributed by atoms with Crippen molar-refractivity contribution in [3.63, 3.8) is 0 Å². The van der Waals surface area contributed by atoms with Gasteiger partial charge in [-0.15, -0.1) is 0 Å². The van der Waals surface area contributed by atoms with E-state index in [1.807, 2.05) is 39.0 Å². The van der Waals surface area contributed by atoms with Gasteiger partial charge in [0.15, 0.2) is 11.2 Å². The van der Waals surface area contributed by atoms with Crippen molar-refractivity contribution in [1.82, 2.24) is 4.98 Å². The van der Waals surface area contributed by atoms with E-state index < -0.39 is 0 Å². The number of hydrogen-bond acceptors (Lipinski definition) is 3. The zero-order valence-corrected chi connectivity index (χ0v) is 11.6. The Morgan fingerprint density at radius 3 is 2.22 bits per heavy atom. The maximum atomic E-state index is 5.72.